The fourth-order valence-electron chi connectivity index (χ4n) is 4.35. The molecule has 2 aromatic carbocycles. The lowest BCUT2D eigenvalue weighted by molar-refractivity contribution is -0.133. The maximum Gasteiger partial charge on any atom is 0.247 e. The van der Waals surface area contributed by atoms with Gasteiger partial charge in [-0.3, -0.25) is 14.4 Å². The maximum atomic E-state index is 13.1. The van der Waals surface area contributed by atoms with Crippen molar-refractivity contribution in [2.75, 3.05) is 20.4 Å². The van der Waals surface area contributed by atoms with Crippen LogP contribution < -0.4 is 19.5 Å². The molecular weight excluding hydrogens is 464 g/mol. The second-order valence-corrected chi connectivity index (χ2v) is 8.87. The predicted molar refractivity (Wildman–Crippen MR) is 131 cm³/mol. The van der Waals surface area contributed by atoms with E-state index in [-0.39, 0.29) is 43.1 Å². The first-order valence-corrected chi connectivity index (χ1v) is 12.0. The Labute approximate surface area is 209 Å². The van der Waals surface area contributed by atoms with E-state index < -0.39 is 11.7 Å². The lowest BCUT2D eigenvalue weighted by Gasteiger charge is -2.26. The Morgan fingerprint density at radius 2 is 1.83 bits per heavy atom. The second kappa shape index (κ2) is 11.6. The molecule has 1 aliphatic carbocycles. The molecule has 1 aliphatic heterocycles. The first-order valence-electron chi connectivity index (χ1n) is 12.0. The molecule has 0 radical (unpaired) electrons. The van der Waals surface area contributed by atoms with Crippen molar-refractivity contribution in [2.45, 2.75) is 44.7 Å². The maximum absolute atomic E-state index is 13.1. The minimum Gasteiger partial charge on any atom is -0.507 e. The number of methoxy groups -OCH3 is 1. The molecule has 0 aromatic heterocycles. The molecule has 0 saturated heterocycles. The van der Waals surface area contributed by atoms with E-state index in [9.17, 15) is 19.5 Å². The van der Waals surface area contributed by atoms with Crippen LogP contribution in [-0.4, -0.2) is 54.1 Å². The van der Waals surface area contributed by atoms with E-state index in [2.05, 4.69) is 5.32 Å². The number of benzene rings is 2. The van der Waals surface area contributed by atoms with Gasteiger partial charge in [-0.1, -0.05) is 25.3 Å². The van der Waals surface area contributed by atoms with Crippen LogP contribution in [0, 0.1) is 0 Å². The van der Waals surface area contributed by atoms with E-state index in [1.807, 2.05) is 0 Å². The van der Waals surface area contributed by atoms with Crippen molar-refractivity contribution in [1.29, 1.82) is 0 Å². The molecule has 9 heteroatoms. The fourth-order valence-corrected chi connectivity index (χ4v) is 4.35. The molecule has 2 amide bonds. The zero-order chi connectivity index (χ0) is 25.5. The number of fused-ring (bicyclic) bond motifs is 1. The molecule has 1 saturated carbocycles. The zero-order valence-electron chi connectivity index (χ0n) is 20.2. The van der Waals surface area contributed by atoms with E-state index in [4.69, 9.17) is 14.2 Å². The monoisotopic (exact) mass is 494 g/mol. The Morgan fingerprint density at radius 3 is 2.58 bits per heavy atom. The highest BCUT2D eigenvalue weighted by molar-refractivity contribution is 6.09. The van der Waals surface area contributed by atoms with Gasteiger partial charge in [0.05, 0.1) is 12.7 Å². The van der Waals surface area contributed by atoms with Crippen molar-refractivity contribution in [1.82, 2.24) is 10.2 Å². The van der Waals surface area contributed by atoms with Crippen LogP contribution in [0.25, 0.3) is 0 Å². The SMILES string of the molecule is COc1ccc(C(=O)/C=C/C(=O)N(CC(=O)NC2CCCCC2)Cc2ccc3c(c2)OCO3)c(O)c1. The van der Waals surface area contributed by atoms with Crippen molar-refractivity contribution in [3.63, 3.8) is 0 Å². The summed E-state index contributed by atoms with van der Waals surface area (Å²) in [6, 6.07) is 9.74. The van der Waals surface area contributed by atoms with Crippen molar-refractivity contribution >= 4 is 17.6 Å². The van der Waals surface area contributed by atoms with Gasteiger partial charge in [-0.05, 0) is 48.7 Å². The highest BCUT2D eigenvalue weighted by Gasteiger charge is 2.22. The number of aromatic hydroxyl groups is 1. The number of hydrogen-bond acceptors (Lipinski definition) is 7. The van der Waals surface area contributed by atoms with Crippen LogP contribution in [0.2, 0.25) is 0 Å². The molecule has 1 fully saturated rings. The Bertz CT molecular complexity index is 1150. The summed E-state index contributed by atoms with van der Waals surface area (Å²) in [5, 5.41) is 13.1. The van der Waals surface area contributed by atoms with Gasteiger partial charge in [-0.25, -0.2) is 0 Å². The van der Waals surface area contributed by atoms with E-state index in [1.165, 1.54) is 30.6 Å². The molecule has 36 heavy (non-hydrogen) atoms. The first kappa shape index (κ1) is 25.1. The summed E-state index contributed by atoms with van der Waals surface area (Å²) in [6.07, 6.45) is 7.40. The molecule has 190 valence electrons. The predicted octanol–water partition coefficient (Wildman–Crippen LogP) is 3.35. The van der Waals surface area contributed by atoms with Crippen molar-refractivity contribution in [3.05, 3.63) is 59.7 Å². The minimum atomic E-state index is -0.543. The van der Waals surface area contributed by atoms with Gasteiger partial charge >= 0.3 is 0 Å². The molecule has 0 atom stereocenters. The summed E-state index contributed by atoms with van der Waals surface area (Å²) in [5.41, 5.74) is 0.794. The highest BCUT2D eigenvalue weighted by atomic mass is 16.7. The lowest BCUT2D eigenvalue weighted by atomic mass is 9.95. The Balaban J connectivity index is 1.47. The van der Waals surface area contributed by atoms with Crippen LogP contribution in [0.1, 0.15) is 48.0 Å². The van der Waals surface area contributed by atoms with E-state index >= 15 is 0 Å². The number of ether oxygens (including phenoxy) is 3. The number of rotatable bonds is 9. The van der Waals surface area contributed by atoms with Gasteiger partial charge in [0.1, 0.15) is 18.0 Å². The third-order valence-corrected chi connectivity index (χ3v) is 6.27. The van der Waals surface area contributed by atoms with Crippen LogP contribution in [-0.2, 0) is 16.1 Å². The van der Waals surface area contributed by atoms with E-state index in [1.54, 1.807) is 24.3 Å². The van der Waals surface area contributed by atoms with Crippen molar-refractivity contribution in [3.8, 4) is 23.0 Å². The van der Waals surface area contributed by atoms with Crippen LogP contribution in [0.4, 0.5) is 0 Å². The number of nitrogens with zero attached hydrogens (tertiary/aromatic N) is 1. The fraction of sp³-hybridized carbons (Fsp3) is 0.370. The molecule has 1 heterocycles. The van der Waals surface area contributed by atoms with Crippen molar-refractivity contribution < 1.29 is 33.7 Å². The molecule has 2 aromatic rings. The summed E-state index contributed by atoms with van der Waals surface area (Å²) < 4.78 is 15.8. The van der Waals surface area contributed by atoms with E-state index in [0.29, 0.717) is 17.2 Å². The topological polar surface area (TPSA) is 114 Å². The van der Waals surface area contributed by atoms with Crippen LogP contribution in [0.5, 0.6) is 23.0 Å². The summed E-state index contributed by atoms with van der Waals surface area (Å²) in [6.45, 7) is 0.115. The number of hydrogen-bond donors (Lipinski definition) is 2. The summed E-state index contributed by atoms with van der Waals surface area (Å²) in [5.74, 6) is 0.0572. The number of ketones is 1. The minimum absolute atomic E-state index is 0.0391. The number of amides is 2. The molecule has 0 spiro atoms. The molecule has 0 unspecified atom stereocenters. The number of phenolic OH excluding ortho intramolecular Hbond substituents is 1. The van der Waals surface area contributed by atoms with Crippen LogP contribution in [0.3, 0.4) is 0 Å². The highest BCUT2D eigenvalue weighted by Crippen LogP contribution is 2.33. The normalized spacial score (nSPS) is 15.0. The third kappa shape index (κ3) is 6.35. The quantitative estimate of drug-likeness (QED) is 0.406. The van der Waals surface area contributed by atoms with Crippen LogP contribution >= 0.6 is 0 Å². The summed E-state index contributed by atoms with van der Waals surface area (Å²) in [4.78, 5) is 39.8. The van der Waals surface area contributed by atoms with Crippen molar-refractivity contribution in [2.24, 2.45) is 0 Å². The third-order valence-electron chi connectivity index (χ3n) is 6.27. The standard InChI is InChI=1S/C27H30N2O7/c1-34-20-8-9-21(23(31)14-20)22(30)10-12-27(33)29(16-26(32)28-19-5-3-2-4-6-19)15-18-7-11-24-25(13-18)36-17-35-24/h7-14,19,31H,2-6,15-17H2,1H3,(H,28,32)/b12-10+. The number of phenols is 1. The van der Waals surface area contributed by atoms with E-state index in [0.717, 1.165) is 43.4 Å². The average molecular weight is 495 g/mol. The van der Waals surface area contributed by atoms with Gasteiger partial charge < -0.3 is 29.5 Å². The molecule has 0 bridgehead atoms. The lowest BCUT2D eigenvalue weighted by Crippen LogP contribution is -2.44. The molecule has 2 N–H and O–H groups in total. The van der Waals surface area contributed by atoms with Gasteiger partial charge in [0.25, 0.3) is 0 Å². The molecule has 4 rings (SSSR count). The summed E-state index contributed by atoms with van der Waals surface area (Å²) >= 11 is 0. The number of allylic oxidation sites excluding steroid dienone is 1. The van der Waals surface area contributed by atoms with Crippen LogP contribution in [0.15, 0.2) is 48.6 Å². The average Bonchev–Trinajstić information content (AvgIpc) is 3.35. The molecule has 2 aliphatic rings. The second-order valence-electron chi connectivity index (χ2n) is 8.87. The first-order chi connectivity index (χ1) is 17.4. The van der Waals surface area contributed by atoms with Gasteiger partial charge in [-0.15, -0.1) is 0 Å². The smallest absolute Gasteiger partial charge is 0.247 e. The van der Waals surface area contributed by atoms with Gasteiger partial charge in [-0.2, -0.15) is 0 Å². The molecular formula is C27H30N2O7. The Hall–Kier alpha value is -4.01. The van der Waals surface area contributed by atoms with Gasteiger partial charge in [0, 0.05) is 24.7 Å². The van der Waals surface area contributed by atoms with Gasteiger partial charge in [0.15, 0.2) is 17.3 Å². The van der Waals surface area contributed by atoms with Gasteiger partial charge in [0.2, 0.25) is 18.6 Å². The zero-order valence-corrected chi connectivity index (χ0v) is 20.2. The Kier molecular flexibility index (Phi) is 8.10. The number of carbonyl (C=O) groups excluding carboxylic acids is 3. The molecule has 9 nitrogen and oxygen atoms in total. The number of nitrogens with one attached hydrogen (secondary N) is 1. The Morgan fingerprint density at radius 1 is 1.06 bits per heavy atom. The summed E-state index contributed by atoms with van der Waals surface area (Å²) in [7, 11) is 1.45. The number of carbonyl (C=O) groups is 3. The largest absolute Gasteiger partial charge is 0.507 e.